The molecule has 152 valence electrons. The number of benzene rings is 2. The Morgan fingerprint density at radius 3 is 2.36 bits per heavy atom. The average Bonchev–Trinajstić information content (AvgIpc) is 2.60. The topological polar surface area (TPSA) is 75.7 Å². The van der Waals surface area contributed by atoms with Crippen molar-refractivity contribution >= 4 is 15.9 Å². The van der Waals surface area contributed by atoms with Gasteiger partial charge in [0.25, 0.3) is 5.91 Å². The Labute approximate surface area is 167 Å². The van der Waals surface area contributed by atoms with Gasteiger partial charge in [-0.2, -0.15) is 0 Å². The summed E-state index contributed by atoms with van der Waals surface area (Å²) in [6.45, 7) is 6.22. The molecule has 0 fully saturated rings. The summed E-state index contributed by atoms with van der Waals surface area (Å²) in [7, 11) is -1.69. The summed E-state index contributed by atoms with van der Waals surface area (Å²) in [6.07, 6.45) is 1.17. The molecule has 2 aromatic rings. The van der Waals surface area contributed by atoms with Crippen LogP contribution < -0.4 is 10.1 Å². The second kappa shape index (κ2) is 9.21. The lowest BCUT2D eigenvalue weighted by Gasteiger charge is -2.17. The van der Waals surface area contributed by atoms with E-state index in [0.717, 1.165) is 16.7 Å². The maximum Gasteiger partial charge on any atom is 0.258 e. The number of nitrogens with zero attached hydrogens (tertiary/aromatic N) is 1. The fraction of sp³-hybridized carbons (Fsp3) is 0.381. The molecule has 2 aromatic carbocycles. The Kier molecular flexibility index (Phi) is 7.21. The largest absolute Gasteiger partial charge is 0.484 e. The molecule has 28 heavy (non-hydrogen) atoms. The Morgan fingerprint density at radius 1 is 1.14 bits per heavy atom. The van der Waals surface area contributed by atoms with E-state index in [2.05, 4.69) is 11.4 Å². The van der Waals surface area contributed by atoms with Crippen molar-refractivity contribution in [3.8, 4) is 5.75 Å². The summed E-state index contributed by atoms with van der Waals surface area (Å²) in [4.78, 5) is 12.2. The molecule has 0 aromatic heterocycles. The van der Waals surface area contributed by atoms with Crippen LogP contribution >= 0.6 is 0 Å². The molecule has 0 unspecified atom stereocenters. The second-order valence-corrected chi connectivity index (χ2v) is 9.19. The smallest absolute Gasteiger partial charge is 0.258 e. The molecule has 0 bridgehead atoms. The average molecular weight is 405 g/mol. The van der Waals surface area contributed by atoms with E-state index >= 15 is 0 Å². The van der Waals surface area contributed by atoms with Crippen molar-refractivity contribution in [2.24, 2.45) is 0 Å². The van der Waals surface area contributed by atoms with Gasteiger partial charge in [-0.3, -0.25) is 4.79 Å². The van der Waals surface area contributed by atoms with Gasteiger partial charge in [0.1, 0.15) is 5.75 Å². The molecule has 0 heterocycles. The van der Waals surface area contributed by atoms with E-state index in [-0.39, 0.29) is 25.1 Å². The lowest BCUT2D eigenvalue weighted by molar-refractivity contribution is -0.123. The number of hydrogen-bond acceptors (Lipinski definition) is 4. The predicted octanol–water partition coefficient (Wildman–Crippen LogP) is 2.95. The van der Waals surface area contributed by atoms with Gasteiger partial charge in [0.15, 0.2) is 6.61 Å². The van der Waals surface area contributed by atoms with Crippen LogP contribution in [0.2, 0.25) is 0 Å². The molecule has 6 nitrogen and oxygen atoms in total. The van der Waals surface area contributed by atoms with E-state index in [4.69, 9.17) is 4.74 Å². The lowest BCUT2D eigenvalue weighted by atomic mass is 10.0. The summed E-state index contributed by atoms with van der Waals surface area (Å²) >= 11 is 0. The SMILES string of the molecule is Cc1ccc([C@@H](C)NC(=O)COc2ccc(CN(C)S(C)(=O)=O)cc2)c(C)c1. The van der Waals surface area contributed by atoms with E-state index in [1.54, 1.807) is 24.3 Å². The van der Waals surface area contributed by atoms with Crippen LogP contribution in [0.25, 0.3) is 0 Å². The van der Waals surface area contributed by atoms with Gasteiger partial charge >= 0.3 is 0 Å². The Morgan fingerprint density at radius 2 is 1.79 bits per heavy atom. The number of amides is 1. The lowest BCUT2D eigenvalue weighted by Crippen LogP contribution is -2.31. The normalized spacial score (nSPS) is 12.6. The first kappa shape index (κ1) is 21.9. The zero-order chi connectivity index (χ0) is 20.9. The number of carbonyl (C=O) groups excluding carboxylic acids is 1. The zero-order valence-electron chi connectivity index (χ0n) is 17.0. The third-order valence-electron chi connectivity index (χ3n) is 4.53. The second-order valence-electron chi connectivity index (χ2n) is 7.10. The highest BCUT2D eigenvalue weighted by Crippen LogP contribution is 2.19. The molecule has 0 spiro atoms. The molecule has 0 radical (unpaired) electrons. The quantitative estimate of drug-likeness (QED) is 0.734. The minimum atomic E-state index is -3.22. The fourth-order valence-electron chi connectivity index (χ4n) is 2.89. The highest BCUT2D eigenvalue weighted by molar-refractivity contribution is 7.88. The van der Waals surface area contributed by atoms with Gasteiger partial charge in [-0.15, -0.1) is 0 Å². The first-order valence-corrected chi connectivity index (χ1v) is 10.9. The van der Waals surface area contributed by atoms with Gasteiger partial charge in [-0.05, 0) is 49.6 Å². The number of ether oxygens (including phenoxy) is 1. The van der Waals surface area contributed by atoms with Crippen LogP contribution in [0.5, 0.6) is 5.75 Å². The third-order valence-corrected chi connectivity index (χ3v) is 5.80. The van der Waals surface area contributed by atoms with E-state index in [1.165, 1.54) is 23.2 Å². The molecule has 0 saturated carbocycles. The third kappa shape index (κ3) is 6.35. The van der Waals surface area contributed by atoms with Crippen LogP contribution in [-0.4, -0.2) is 38.5 Å². The summed E-state index contributed by atoms with van der Waals surface area (Å²) in [6, 6.07) is 13.1. The molecule has 1 atom stereocenters. The van der Waals surface area contributed by atoms with Crippen molar-refractivity contribution in [2.45, 2.75) is 33.4 Å². The molecule has 0 aliphatic heterocycles. The first-order chi connectivity index (χ1) is 13.1. The first-order valence-electron chi connectivity index (χ1n) is 9.06. The molecule has 0 aliphatic carbocycles. The number of aryl methyl sites for hydroxylation is 2. The summed E-state index contributed by atoms with van der Waals surface area (Å²) in [5.41, 5.74) is 4.25. The molecule has 2 rings (SSSR count). The Bertz CT molecular complexity index is 924. The van der Waals surface area contributed by atoms with Crippen molar-refractivity contribution < 1.29 is 17.9 Å². The minimum Gasteiger partial charge on any atom is -0.484 e. The van der Waals surface area contributed by atoms with Crippen molar-refractivity contribution in [3.05, 3.63) is 64.7 Å². The van der Waals surface area contributed by atoms with Crippen LogP contribution in [0.1, 0.15) is 35.2 Å². The van der Waals surface area contributed by atoms with Gasteiger partial charge in [0.05, 0.1) is 12.3 Å². The molecule has 0 saturated heterocycles. The zero-order valence-corrected chi connectivity index (χ0v) is 17.8. The number of hydrogen-bond donors (Lipinski definition) is 1. The van der Waals surface area contributed by atoms with Crippen LogP contribution in [0.3, 0.4) is 0 Å². The van der Waals surface area contributed by atoms with Gasteiger partial charge in [0, 0.05) is 13.6 Å². The summed E-state index contributed by atoms with van der Waals surface area (Å²) < 4.78 is 29.7. The van der Waals surface area contributed by atoms with Gasteiger partial charge in [-0.1, -0.05) is 35.9 Å². The minimum absolute atomic E-state index is 0.0855. The van der Waals surface area contributed by atoms with Gasteiger partial charge in [-0.25, -0.2) is 12.7 Å². The maximum atomic E-state index is 12.2. The molecule has 1 amide bonds. The van der Waals surface area contributed by atoms with Crippen molar-refractivity contribution in [3.63, 3.8) is 0 Å². The highest BCUT2D eigenvalue weighted by Gasteiger charge is 2.13. The van der Waals surface area contributed by atoms with E-state index in [0.29, 0.717) is 5.75 Å². The van der Waals surface area contributed by atoms with Crippen LogP contribution in [-0.2, 0) is 21.4 Å². The summed E-state index contributed by atoms with van der Waals surface area (Å²) in [5, 5.41) is 2.94. The van der Waals surface area contributed by atoms with Gasteiger partial charge in [0.2, 0.25) is 10.0 Å². The Hall–Kier alpha value is -2.38. The van der Waals surface area contributed by atoms with Crippen molar-refractivity contribution in [2.75, 3.05) is 19.9 Å². The predicted molar refractivity (Wildman–Crippen MR) is 111 cm³/mol. The van der Waals surface area contributed by atoms with E-state index in [1.807, 2.05) is 32.9 Å². The van der Waals surface area contributed by atoms with Gasteiger partial charge < -0.3 is 10.1 Å². The molecule has 0 aliphatic rings. The number of carbonyl (C=O) groups is 1. The van der Waals surface area contributed by atoms with Crippen LogP contribution in [0.4, 0.5) is 0 Å². The molecule has 7 heteroatoms. The molecular formula is C21H28N2O4S. The van der Waals surface area contributed by atoms with E-state index < -0.39 is 10.0 Å². The van der Waals surface area contributed by atoms with Crippen molar-refractivity contribution in [1.29, 1.82) is 0 Å². The standard InChI is InChI=1S/C21H28N2O4S/c1-15-6-11-20(16(2)12-15)17(3)22-21(24)14-27-19-9-7-18(8-10-19)13-23(4)28(5,25)26/h6-12,17H,13-14H2,1-5H3,(H,22,24)/t17-/m1/s1. The maximum absolute atomic E-state index is 12.2. The number of rotatable bonds is 8. The van der Waals surface area contributed by atoms with Crippen LogP contribution in [0, 0.1) is 13.8 Å². The highest BCUT2D eigenvalue weighted by atomic mass is 32.2. The molecule has 1 N–H and O–H groups in total. The Balaban J connectivity index is 1.87. The number of nitrogens with one attached hydrogen (secondary N) is 1. The van der Waals surface area contributed by atoms with E-state index in [9.17, 15) is 13.2 Å². The fourth-order valence-corrected chi connectivity index (χ4v) is 3.27. The number of sulfonamides is 1. The van der Waals surface area contributed by atoms with Crippen LogP contribution in [0.15, 0.2) is 42.5 Å². The monoisotopic (exact) mass is 404 g/mol. The molecular weight excluding hydrogens is 376 g/mol. The summed E-state index contributed by atoms with van der Waals surface area (Å²) in [5.74, 6) is 0.355. The van der Waals surface area contributed by atoms with Crippen molar-refractivity contribution in [1.82, 2.24) is 9.62 Å².